The van der Waals surface area contributed by atoms with Crippen LogP contribution >= 0.6 is 0 Å². The Morgan fingerprint density at radius 1 is 1.29 bits per heavy atom. The molecule has 21 heavy (non-hydrogen) atoms. The first-order chi connectivity index (χ1) is 9.99. The molecule has 1 aromatic carbocycles. The van der Waals surface area contributed by atoms with Gasteiger partial charge in [0.25, 0.3) is 0 Å². The summed E-state index contributed by atoms with van der Waals surface area (Å²) in [4.78, 5) is 0. The van der Waals surface area contributed by atoms with Crippen LogP contribution in [0.3, 0.4) is 0 Å². The van der Waals surface area contributed by atoms with Crippen LogP contribution < -0.4 is 10.1 Å². The molecule has 0 radical (unpaired) electrons. The summed E-state index contributed by atoms with van der Waals surface area (Å²) in [6.07, 6.45) is 1.06. The molecule has 0 heterocycles. The number of nitrogens with one attached hydrogen (secondary N) is 1. The van der Waals surface area contributed by atoms with Gasteiger partial charge in [-0.2, -0.15) is 0 Å². The fraction of sp³-hybridized carbons (Fsp3) is 0.647. The van der Waals surface area contributed by atoms with E-state index in [0.29, 0.717) is 11.7 Å². The minimum atomic E-state index is -0.841. The first-order valence-corrected chi connectivity index (χ1v) is 9.12. The predicted molar refractivity (Wildman–Crippen MR) is 91.3 cm³/mol. The smallest absolute Gasteiger partial charge is 0.119 e. The molecule has 0 aromatic heterocycles. The molecule has 0 bridgehead atoms. The molecule has 0 fully saturated rings. The number of hydrogen-bond donors (Lipinski definition) is 1. The molecule has 3 unspecified atom stereocenters. The average molecular weight is 311 g/mol. The maximum atomic E-state index is 12.5. The highest BCUT2D eigenvalue weighted by atomic mass is 32.2. The standard InChI is InChI=1S/C17H29NO2S/c1-6-10-18-17(12-21(19)14(4)13(2)3)15-8-7-9-16(11-15)20-5/h7-9,11,13-14,17-18H,6,10,12H2,1-5H3. The Labute approximate surface area is 131 Å². The number of rotatable bonds is 9. The molecule has 1 N–H and O–H groups in total. The Morgan fingerprint density at radius 3 is 2.57 bits per heavy atom. The Bertz CT molecular complexity index is 448. The third kappa shape index (κ3) is 5.79. The van der Waals surface area contributed by atoms with E-state index in [1.54, 1.807) is 7.11 Å². The zero-order valence-electron chi connectivity index (χ0n) is 13.9. The van der Waals surface area contributed by atoms with Crippen molar-refractivity contribution < 1.29 is 8.95 Å². The summed E-state index contributed by atoms with van der Waals surface area (Å²) in [5.74, 6) is 1.92. The zero-order valence-corrected chi connectivity index (χ0v) is 14.7. The molecular weight excluding hydrogens is 282 g/mol. The first kappa shape index (κ1) is 18.2. The lowest BCUT2D eigenvalue weighted by Gasteiger charge is -2.22. The van der Waals surface area contributed by atoms with Gasteiger partial charge in [-0.05, 0) is 36.6 Å². The number of methoxy groups -OCH3 is 1. The molecule has 3 atom stereocenters. The molecule has 1 rings (SSSR count). The Hall–Kier alpha value is -0.870. The van der Waals surface area contributed by atoms with Gasteiger partial charge in [-0.15, -0.1) is 0 Å². The fourth-order valence-corrected chi connectivity index (χ4v) is 3.62. The predicted octanol–water partition coefficient (Wildman–Crippen LogP) is 3.53. The van der Waals surface area contributed by atoms with E-state index >= 15 is 0 Å². The first-order valence-electron chi connectivity index (χ1n) is 7.74. The van der Waals surface area contributed by atoms with Crippen LogP contribution in [0, 0.1) is 5.92 Å². The van der Waals surface area contributed by atoms with Crippen LogP contribution in [0.25, 0.3) is 0 Å². The Kier molecular flexibility index (Phi) is 7.97. The monoisotopic (exact) mass is 311 g/mol. The van der Waals surface area contributed by atoms with Gasteiger partial charge in [0, 0.05) is 27.8 Å². The summed E-state index contributed by atoms with van der Waals surface area (Å²) in [6, 6.07) is 8.15. The SMILES string of the molecule is CCCNC(CS(=O)C(C)C(C)C)c1cccc(OC)c1. The number of benzene rings is 1. The van der Waals surface area contributed by atoms with Gasteiger partial charge in [-0.3, -0.25) is 4.21 Å². The second-order valence-electron chi connectivity index (χ2n) is 5.78. The van der Waals surface area contributed by atoms with E-state index < -0.39 is 10.8 Å². The molecule has 0 spiro atoms. The summed E-state index contributed by atoms with van der Waals surface area (Å²) >= 11 is 0. The van der Waals surface area contributed by atoms with Crippen LogP contribution in [0.5, 0.6) is 5.75 Å². The van der Waals surface area contributed by atoms with Gasteiger partial charge in [-0.25, -0.2) is 0 Å². The molecule has 0 saturated carbocycles. The average Bonchev–Trinajstić information content (AvgIpc) is 2.50. The summed E-state index contributed by atoms with van der Waals surface area (Å²) in [7, 11) is 0.832. The number of ether oxygens (including phenoxy) is 1. The summed E-state index contributed by atoms with van der Waals surface area (Å²) in [5.41, 5.74) is 1.15. The minimum Gasteiger partial charge on any atom is -0.497 e. The second kappa shape index (κ2) is 9.21. The quantitative estimate of drug-likeness (QED) is 0.758. The largest absolute Gasteiger partial charge is 0.497 e. The molecule has 120 valence electrons. The van der Waals surface area contributed by atoms with Crippen molar-refractivity contribution in [1.29, 1.82) is 0 Å². The Morgan fingerprint density at radius 2 is 2.00 bits per heavy atom. The van der Waals surface area contributed by atoms with Crippen molar-refractivity contribution in [3.8, 4) is 5.75 Å². The van der Waals surface area contributed by atoms with Crippen LogP contribution in [-0.4, -0.2) is 28.9 Å². The summed E-state index contributed by atoms with van der Waals surface area (Å²) < 4.78 is 17.8. The highest BCUT2D eigenvalue weighted by Gasteiger charge is 2.21. The summed E-state index contributed by atoms with van der Waals surface area (Å²) in [5, 5.41) is 3.72. The van der Waals surface area contributed by atoms with Gasteiger partial charge >= 0.3 is 0 Å². The maximum absolute atomic E-state index is 12.5. The topological polar surface area (TPSA) is 38.3 Å². The van der Waals surface area contributed by atoms with Crippen molar-refractivity contribution in [1.82, 2.24) is 5.32 Å². The lowest BCUT2D eigenvalue weighted by atomic mass is 10.1. The Balaban J connectivity index is 2.86. The van der Waals surface area contributed by atoms with Crippen LogP contribution in [0.1, 0.15) is 45.7 Å². The van der Waals surface area contributed by atoms with E-state index in [-0.39, 0.29) is 11.3 Å². The molecular formula is C17H29NO2S. The van der Waals surface area contributed by atoms with Crippen LogP contribution in [0.4, 0.5) is 0 Å². The normalized spacial score (nSPS) is 15.7. The molecule has 4 heteroatoms. The van der Waals surface area contributed by atoms with Gasteiger partial charge in [-0.1, -0.05) is 39.8 Å². The minimum absolute atomic E-state index is 0.113. The third-order valence-corrected chi connectivity index (χ3v) is 5.86. The molecule has 0 aliphatic rings. The molecule has 1 aromatic rings. The fourth-order valence-electron chi connectivity index (χ4n) is 2.07. The van der Waals surface area contributed by atoms with Crippen molar-refractivity contribution in [3.05, 3.63) is 29.8 Å². The lowest BCUT2D eigenvalue weighted by molar-refractivity contribution is 0.413. The molecule has 3 nitrogen and oxygen atoms in total. The second-order valence-corrected chi connectivity index (χ2v) is 7.62. The van der Waals surface area contributed by atoms with E-state index in [9.17, 15) is 4.21 Å². The zero-order chi connectivity index (χ0) is 15.8. The van der Waals surface area contributed by atoms with Crippen LogP contribution in [0.15, 0.2) is 24.3 Å². The van der Waals surface area contributed by atoms with Gasteiger partial charge in [0.05, 0.1) is 7.11 Å². The van der Waals surface area contributed by atoms with Crippen LogP contribution in [-0.2, 0) is 10.8 Å². The van der Waals surface area contributed by atoms with Crippen molar-refractivity contribution >= 4 is 10.8 Å². The van der Waals surface area contributed by atoms with Gasteiger partial charge in [0.1, 0.15) is 5.75 Å². The van der Waals surface area contributed by atoms with Crippen molar-refractivity contribution in [2.75, 3.05) is 19.4 Å². The van der Waals surface area contributed by atoms with Crippen LogP contribution in [0.2, 0.25) is 0 Å². The number of hydrogen-bond acceptors (Lipinski definition) is 3. The highest BCUT2D eigenvalue weighted by molar-refractivity contribution is 7.85. The third-order valence-electron chi connectivity index (χ3n) is 3.82. The lowest BCUT2D eigenvalue weighted by Crippen LogP contribution is -2.31. The van der Waals surface area contributed by atoms with E-state index in [4.69, 9.17) is 4.74 Å². The van der Waals surface area contributed by atoms with Crippen molar-refractivity contribution in [2.45, 2.75) is 45.4 Å². The molecule has 0 aliphatic heterocycles. The molecule has 0 aliphatic carbocycles. The molecule has 0 amide bonds. The summed E-state index contributed by atoms with van der Waals surface area (Å²) in [6.45, 7) is 9.40. The van der Waals surface area contributed by atoms with Crippen molar-refractivity contribution in [3.63, 3.8) is 0 Å². The van der Waals surface area contributed by atoms with E-state index in [1.807, 2.05) is 18.2 Å². The maximum Gasteiger partial charge on any atom is 0.119 e. The van der Waals surface area contributed by atoms with Crippen molar-refractivity contribution in [2.24, 2.45) is 5.92 Å². The van der Waals surface area contributed by atoms with E-state index in [0.717, 1.165) is 24.3 Å². The van der Waals surface area contributed by atoms with Gasteiger partial charge < -0.3 is 10.1 Å². The van der Waals surface area contributed by atoms with E-state index in [2.05, 4.69) is 39.1 Å². The highest BCUT2D eigenvalue weighted by Crippen LogP contribution is 2.22. The van der Waals surface area contributed by atoms with Gasteiger partial charge in [0.2, 0.25) is 0 Å². The molecule has 0 saturated heterocycles. The van der Waals surface area contributed by atoms with E-state index in [1.165, 1.54) is 0 Å². The van der Waals surface area contributed by atoms with Gasteiger partial charge in [0.15, 0.2) is 0 Å².